The van der Waals surface area contributed by atoms with Crippen molar-refractivity contribution in [2.24, 2.45) is 10.9 Å². The minimum absolute atomic E-state index is 0.0756. The summed E-state index contributed by atoms with van der Waals surface area (Å²) >= 11 is 0. The van der Waals surface area contributed by atoms with Gasteiger partial charge in [-0.1, -0.05) is 38.1 Å². The van der Waals surface area contributed by atoms with Gasteiger partial charge in [0.2, 0.25) is 5.96 Å². The number of alkyl carbamates (subject to hydrolysis) is 1. The second-order valence-corrected chi connectivity index (χ2v) is 12.5. The number of hydrogen-bond acceptors (Lipinski definition) is 8. The molecule has 2 aromatic carbocycles. The number of para-hydroxylation sites is 1. The number of aromatic nitrogens is 2. The number of carbonyl (C=O) groups is 2. The van der Waals surface area contributed by atoms with E-state index in [4.69, 9.17) is 9.47 Å². The summed E-state index contributed by atoms with van der Waals surface area (Å²) in [6, 6.07) is 15.3. The summed E-state index contributed by atoms with van der Waals surface area (Å²) < 4.78 is 10.6. The van der Waals surface area contributed by atoms with Gasteiger partial charge in [0.05, 0.1) is 16.2 Å². The number of nitro benzene ring substituents is 1. The van der Waals surface area contributed by atoms with Gasteiger partial charge in [0.25, 0.3) is 5.69 Å². The number of aliphatic imine (C=N–C) groups is 1. The van der Waals surface area contributed by atoms with Gasteiger partial charge in [0.1, 0.15) is 11.2 Å². The van der Waals surface area contributed by atoms with E-state index in [1.54, 1.807) is 84.0 Å². The van der Waals surface area contributed by atoms with Gasteiger partial charge in [-0.3, -0.25) is 15.4 Å². The maximum atomic E-state index is 12.4. The molecule has 1 heterocycles. The molecule has 0 aliphatic heterocycles. The second-order valence-electron chi connectivity index (χ2n) is 12.5. The van der Waals surface area contributed by atoms with Crippen molar-refractivity contribution in [2.45, 2.75) is 79.4 Å². The molecule has 2 N–H and O–H groups in total. The molecule has 0 saturated heterocycles. The Hall–Kier alpha value is -4.87. The third-order valence-electron chi connectivity index (χ3n) is 5.76. The van der Waals surface area contributed by atoms with Gasteiger partial charge in [0.15, 0.2) is 5.82 Å². The fourth-order valence-corrected chi connectivity index (χ4v) is 3.88. The molecule has 0 fully saturated rings. The molecule has 234 valence electrons. The minimum Gasteiger partial charge on any atom is -0.444 e. The molecule has 0 atom stereocenters. The van der Waals surface area contributed by atoms with Crippen LogP contribution in [0.25, 0.3) is 22.6 Å². The van der Waals surface area contributed by atoms with E-state index in [1.807, 2.05) is 6.07 Å². The van der Waals surface area contributed by atoms with Crippen LogP contribution in [0.15, 0.2) is 59.6 Å². The molecule has 1 aromatic heterocycles. The lowest BCUT2D eigenvalue weighted by molar-refractivity contribution is -0.384. The Morgan fingerprint density at radius 3 is 2.18 bits per heavy atom. The Balaban J connectivity index is 1.95. The van der Waals surface area contributed by atoms with E-state index in [-0.39, 0.29) is 17.5 Å². The zero-order valence-corrected chi connectivity index (χ0v) is 26.4. The van der Waals surface area contributed by atoms with E-state index in [2.05, 4.69) is 39.4 Å². The van der Waals surface area contributed by atoms with Crippen molar-refractivity contribution in [3.05, 3.63) is 70.4 Å². The number of guanidine groups is 1. The van der Waals surface area contributed by atoms with E-state index < -0.39 is 28.3 Å². The maximum absolute atomic E-state index is 12.4. The molecule has 0 spiro atoms. The van der Waals surface area contributed by atoms with Crippen LogP contribution < -0.4 is 10.6 Å². The number of aryl methyl sites for hydroxylation is 1. The van der Waals surface area contributed by atoms with Crippen molar-refractivity contribution in [1.82, 2.24) is 15.3 Å². The average molecular weight is 605 g/mol. The summed E-state index contributed by atoms with van der Waals surface area (Å²) in [5.41, 5.74) is 1.29. The molecule has 0 saturated carbocycles. The summed E-state index contributed by atoms with van der Waals surface area (Å²) in [5.74, 6) is 0.529. The van der Waals surface area contributed by atoms with Gasteiger partial charge in [0, 0.05) is 23.0 Å². The monoisotopic (exact) mass is 604 g/mol. The number of nitrogens with one attached hydrogen (secondary N) is 2. The Labute approximate surface area is 257 Å². The average Bonchev–Trinajstić information content (AvgIpc) is 2.90. The Morgan fingerprint density at radius 2 is 1.59 bits per heavy atom. The number of anilines is 1. The molecule has 0 unspecified atom stereocenters. The largest absolute Gasteiger partial charge is 0.444 e. The predicted molar refractivity (Wildman–Crippen MR) is 169 cm³/mol. The number of rotatable bonds is 7. The van der Waals surface area contributed by atoms with Crippen LogP contribution in [0.5, 0.6) is 0 Å². The molecule has 0 bridgehead atoms. The Kier molecular flexibility index (Phi) is 10.8. The number of hydrogen-bond donors (Lipinski definition) is 2. The Bertz CT molecular complexity index is 1520. The lowest BCUT2D eigenvalue weighted by Gasteiger charge is -2.21. The van der Waals surface area contributed by atoms with Crippen LogP contribution in [0.1, 0.15) is 67.5 Å². The van der Waals surface area contributed by atoms with E-state index in [1.165, 1.54) is 6.07 Å². The summed E-state index contributed by atoms with van der Waals surface area (Å²) in [5, 5.41) is 17.1. The number of nitro groups is 1. The Morgan fingerprint density at radius 1 is 0.955 bits per heavy atom. The van der Waals surface area contributed by atoms with Gasteiger partial charge >= 0.3 is 12.2 Å². The highest BCUT2D eigenvalue weighted by Gasteiger charge is 2.21. The quantitative estimate of drug-likeness (QED) is 0.120. The first-order valence-electron chi connectivity index (χ1n) is 14.3. The number of carbonyl (C=O) groups excluding carboxylic acids is 2. The summed E-state index contributed by atoms with van der Waals surface area (Å²) in [6.07, 6.45) is -0.132. The first kappa shape index (κ1) is 33.6. The van der Waals surface area contributed by atoms with Gasteiger partial charge in [-0.15, -0.1) is 4.99 Å². The van der Waals surface area contributed by atoms with Gasteiger partial charge in [-0.25, -0.2) is 19.6 Å². The van der Waals surface area contributed by atoms with Crippen molar-refractivity contribution in [3.63, 3.8) is 0 Å². The van der Waals surface area contributed by atoms with Crippen LogP contribution in [0.2, 0.25) is 0 Å². The molecule has 2 amide bonds. The molecule has 0 radical (unpaired) electrons. The van der Waals surface area contributed by atoms with E-state index in [0.29, 0.717) is 29.3 Å². The molecule has 44 heavy (non-hydrogen) atoms. The lowest BCUT2D eigenvalue weighted by atomic mass is 10.0. The normalized spacial score (nSPS) is 12.1. The third kappa shape index (κ3) is 10.8. The van der Waals surface area contributed by atoms with Crippen LogP contribution in [0.4, 0.5) is 21.0 Å². The summed E-state index contributed by atoms with van der Waals surface area (Å²) in [4.78, 5) is 49.4. The van der Waals surface area contributed by atoms with Gasteiger partial charge < -0.3 is 14.8 Å². The van der Waals surface area contributed by atoms with E-state index in [0.717, 1.165) is 17.7 Å². The highest BCUT2D eigenvalue weighted by Crippen LogP contribution is 2.30. The van der Waals surface area contributed by atoms with Crippen LogP contribution >= 0.6 is 0 Å². The van der Waals surface area contributed by atoms with Crippen LogP contribution in [0, 0.1) is 16.0 Å². The standard InChI is InChI=1S/C32H40N6O6/c1-20(2)13-16-23-19-25(35-27(33-23)24-11-9-10-12-26(24)38(41)42)21-14-17-22(18-15-21)34-28(36-29(39)43-31(3,4)5)37-30(40)44-32(6,7)8/h9-12,14-15,17-20H,13,16H2,1-8H3,(H2,34,36,37,39,40). The van der Waals surface area contributed by atoms with Crippen LogP contribution in [0.3, 0.4) is 0 Å². The molecule has 3 rings (SSSR count). The van der Waals surface area contributed by atoms with Crippen molar-refractivity contribution < 1.29 is 24.0 Å². The SMILES string of the molecule is CC(C)CCc1cc(-c2ccc(NC(=NC(=O)OC(C)(C)C)NC(=O)OC(C)(C)C)cc2)nc(-c2ccccc2[N+](=O)[O-])n1. The molecule has 12 nitrogen and oxygen atoms in total. The summed E-state index contributed by atoms with van der Waals surface area (Å²) in [6.45, 7) is 14.5. The maximum Gasteiger partial charge on any atom is 0.437 e. The van der Waals surface area contributed by atoms with Gasteiger partial charge in [-0.05, 0) is 84.6 Å². The van der Waals surface area contributed by atoms with Crippen LogP contribution in [-0.2, 0) is 15.9 Å². The predicted octanol–water partition coefficient (Wildman–Crippen LogP) is 7.54. The molecule has 3 aromatic rings. The fraction of sp³-hybridized carbons (Fsp3) is 0.406. The number of amides is 2. The first-order valence-corrected chi connectivity index (χ1v) is 14.3. The van der Waals surface area contributed by atoms with E-state index >= 15 is 0 Å². The lowest BCUT2D eigenvalue weighted by Crippen LogP contribution is -2.40. The number of benzene rings is 2. The van der Waals surface area contributed by atoms with Crippen molar-refractivity contribution in [2.75, 3.05) is 5.32 Å². The number of ether oxygens (including phenoxy) is 2. The molecule has 12 heteroatoms. The van der Waals surface area contributed by atoms with Crippen LogP contribution in [-0.4, -0.2) is 44.2 Å². The highest BCUT2D eigenvalue weighted by atomic mass is 16.6. The van der Waals surface area contributed by atoms with Crippen molar-refractivity contribution in [1.29, 1.82) is 0 Å². The third-order valence-corrected chi connectivity index (χ3v) is 5.76. The number of nitrogens with zero attached hydrogens (tertiary/aromatic N) is 4. The van der Waals surface area contributed by atoms with Crippen molar-refractivity contribution in [3.8, 4) is 22.6 Å². The molecule has 0 aliphatic carbocycles. The van der Waals surface area contributed by atoms with E-state index in [9.17, 15) is 19.7 Å². The molecular formula is C32H40N6O6. The summed E-state index contributed by atoms with van der Waals surface area (Å²) in [7, 11) is 0. The topological polar surface area (TPSA) is 158 Å². The zero-order chi connectivity index (χ0) is 32.7. The second kappa shape index (κ2) is 14.1. The minimum atomic E-state index is -0.898. The molecular weight excluding hydrogens is 564 g/mol. The highest BCUT2D eigenvalue weighted by molar-refractivity contribution is 6.06. The smallest absolute Gasteiger partial charge is 0.437 e. The first-order chi connectivity index (χ1) is 20.5. The van der Waals surface area contributed by atoms with Gasteiger partial charge in [-0.2, -0.15) is 0 Å². The zero-order valence-electron chi connectivity index (χ0n) is 26.4. The van der Waals surface area contributed by atoms with Crippen molar-refractivity contribution >= 4 is 29.5 Å². The molecule has 0 aliphatic rings. The fourth-order valence-electron chi connectivity index (χ4n) is 3.88.